The number of aromatic nitrogens is 1. The predicted molar refractivity (Wildman–Crippen MR) is 86.4 cm³/mol. The van der Waals surface area contributed by atoms with E-state index in [1.165, 1.54) is 12.8 Å². The zero-order valence-corrected chi connectivity index (χ0v) is 13.4. The maximum absolute atomic E-state index is 5.71. The quantitative estimate of drug-likeness (QED) is 0.713. The van der Waals surface area contributed by atoms with Gasteiger partial charge in [0.2, 0.25) is 0 Å². The van der Waals surface area contributed by atoms with Crippen LogP contribution in [0.3, 0.4) is 0 Å². The first-order valence-corrected chi connectivity index (χ1v) is 7.99. The molecule has 20 heavy (non-hydrogen) atoms. The fraction of sp³-hybridized carbons (Fsp3) is 0.706. The number of rotatable bonds is 10. The highest BCUT2D eigenvalue weighted by molar-refractivity contribution is 5.03. The monoisotopic (exact) mass is 277 g/mol. The first-order valence-electron chi connectivity index (χ1n) is 7.99. The Morgan fingerprint density at radius 3 is 2.60 bits per heavy atom. The zero-order valence-electron chi connectivity index (χ0n) is 13.4. The average molecular weight is 277 g/mol. The van der Waals surface area contributed by atoms with E-state index < -0.39 is 0 Å². The molecule has 0 aliphatic carbocycles. The molecule has 1 rings (SSSR count). The highest BCUT2D eigenvalue weighted by Gasteiger charge is 2.13. The third kappa shape index (κ3) is 6.49. The summed E-state index contributed by atoms with van der Waals surface area (Å²) in [4.78, 5) is 6.88. The Hall–Kier alpha value is -0.930. The molecule has 0 spiro atoms. The van der Waals surface area contributed by atoms with Crippen molar-refractivity contribution in [3.05, 3.63) is 30.1 Å². The second kappa shape index (κ2) is 9.89. The molecule has 1 aromatic heterocycles. The molecule has 2 N–H and O–H groups in total. The van der Waals surface area contributed by atoms with Crippen LogP contribution in [-0.2, 0) is 6.54 Å². The van der Waals surface area contributed by atoms with E-state index >= 15 is 0 Å². The molecule has 0 saturated heterocycles. The van der Waals surface area contributed by atoms with Crippen molar-refractivity contribution in [3.8, 4) is 0 Å². The van der Waals surface area contributed by atoms with E-state index in [9.17, 15) is 0 Å². The standard InChI is InChI=1S/C17H31N3/c1-4-20(14-17-9-5-6-12-19-17)13-7-8-16(10-11-18)15(2)3/h5-6,9,12,15-16H,4,7-8,10-11,13-14,18H2,1-3H3. The normalized spacial score (nSPS) is 13.1. The van der Waals surface area contributed by atoms with Gasteiger partial charge in [0.15, 0.2) is 0 Å². The maximum Gasteiger partial charge on any atom is 0.0543 e. The Balaban J connectivity index is 2.34. The van der Waals surface area contributed by atoms with E-state index in [4.69, 9.17) is 5.73 Å². The van der Waals surface area contributed by atoms with Gasteiger partial charge in [0.25, 0.3) is 0 Å². The van der Waals surface area contributed by atoms with Crippen LogP contribution in [0.5, 0.6) is 0 Å². The van der Waals surface area contributed by atoms with Gasteiger partial charge in [0, 0.05) is 12.7 Å². The zero-order chi connectivity index (χ0) is 14.8. The lowest BCUT2D eigenvalue weighted by Crippen LogP contribution is -2.25. The molecule has 0 aromatic carbocycles. The predicted octanol–water partition coefficient (Wildman–Crippen LogP) is 3.30. The first-order chi connectivity index (χ1) is 9.67. The van der Waals surface area contributed by atoms with Crippen LogP contribution in [0.25, 0.3) is 0 Å². The van der Waals surface area contributed by atoms with E-state index in [0.29, 0.717) is 0 Å². The Morgan fingerprint density at radius 1 is 1.25 bits per heavy atom. The van der Waals surface area contributed by atoms with Crippen molar-refractivity contribution >= 4 is 0 Å². The minimum atomic E-state index is 0.740. The van der Waals surface area contributed by atoms with Gasteiger partial charge in [-0.3, -0.25) is 9.88 Å². The third-order valence-corrected chi connectivity index (χ3v) is 4.09. The molecule has 3 nitrogen and oxygen atoms in total. The molecular weight excluding hydrogens is 246 g/mol. The molecule has 1 atom stereocenters. The van der Waals surface area contributed by atoms with Gasteiger partial charge in [0.05, 0.1) is 5.69 Å². The summed E-state index contributed by atoms with van der Waals surface area (Å²) in [5.41, 5.74) is 6.87. The Morgan fingerprint density at radius 2 is 2.05 bits per heavy atom. The van der Waals surface area contributed by atoms with Crippen LogP contribution < -0.4 is 5.73 Å². The second-order valence-corrected chi connectivity index (χ2v) is 5.91. The molecule has 3 heteroatoms. The van der Waals surface area contributed by atoms with Gasteiger partial charge < -0.3 is 5.73 Å². The van der Waals surface area contributed by atoms with Crippen molar-refractivity contribution in [2.24, 2.45) is 17.6 Å². The van der Waals surface area contributed by atoms with Gasteiger partial charge >= 0.3 is 0 Å². The van der Waals surface area contributed by atoms with Gasteiger partial charge in [-0.15, -0.1) is 0 Å². The van der Waals surface area contributed by atoms with Crippen LogP contribution in [0.15, 0.2) is 24.4 Å². The second-order valence-electron chi connectivity index (χ2n) is 5.91. The molecule has 1 unspecified atom stereocenters. The Kier molecular flexibility index (Phi) is 8.47. The van der Waals surface area contributed by atoms with E-state index in [1.807, 2.05) is 12.3 Å². The van der Waals surface area contributed by atoms with Crippen LogP contribution >= 0.6 is 0 Å². The lowest BCUT2D eigenvalue weighted by atomic mass is 9.88. The summed E-state index contributed by atoms with van der Waals surface area (Å²) in [7, 11) is 0. The maximum atomic E-state index is 5.71. The molecule has 1 aromatic rings. The van der Waals surface area contributed by atoms with Gasteiger partial charge in [-0.1, -0.05) is 26.8 Å². The number of hydrogen-bond donors (Lipinski definition) is 1. The van der Waals surface area contributed by atoms with Crippen molar-refractivity contribution in [1.82, 2.24) is 9.88 Å². The summed E-state index contributed by atoms with van der Waals surface area (Å²) in [6, 6.07) is 6.14. The van der Waals surface area contributed by atoms with Crippen molar-refractivity contribution < 1.29 is 0 Å². The van der Waals surface area contributed by atoms with Crippen molar-refractivity contribution in [1.29, 1.82) is 0 Å². The molecule has 0 bridgehead atoms. The minimum absolute atomic E-state index is 0.740. The first kappa shape index (κ1) is 17.1. The molecule has 0 fully saturated rings. The van der Waals surface area contributed by atoms with Crippen LogP contribution in [0, 0.1) is 11.8 Å². The van der Waals surface area contributed by atoms with E-state index in [1.54, 1.807) is 0 Å². The molecule has 0 aliphatic rings. The highest BCUT2D eigenvalue weighted by Crippen LogP contribution is 2.20. The van der Waals surface area contributed by atoms with Crippen LogP contribution in [0.4, 0.5) is 0 Å². The number of hydrogen-bond acceptors (Lipinski definition) is 3. The Labute approximate surface area is 124 Å². The van der Waals surface area contributed by atoms with Crippen LogP contribution in [0.2, 0.25) is 0 Å². The van der Waals surface area contributed by atoms with E-state index in [2.05, 4.69) is 42.8 Å². The van der Waals surface area contributed by atoms with E-state index in [-0.39, 0.29) is 0 Å². The molecule has 114 valence electrons. The smallest absolute Gasteiger partial charge is 0.0543 e. The molecule has 0 amide bonds. The van der Waals surface area contributed by atoms with Crippen LogP contribution in [-0.4, -0.2) is 29.5 Å². The number of pyridine rings is 1. The molecule has 0 radical (unpaired) electrons. The fourth-order valence-electron chi connectivity index (χ4n) is 2.67. The highest BCUT2D eigenvalue weighted by atomic mass is 15.1. The van der Waals surface area contributed by atoms with Gasteiger partial charge in [-0.05, 0) is 62.9 Å². The molecule has 0 aliphatic heterocycles. The number of nitrogens with zero attached hydrogens (tertiary/aromatic N) is 2. The minimum Gasteiger partial charge on any atom is -0.330 e. The van der Waals surface area contributed by atoms with Crippen molar-refractivity contribution in [2.75, 3.05) is 19.6 Å². The SMILES string of the molecule is CCN(CCCC(CCN)C(C)C)Cc1ccccn1. The van der Waals surface area contributed by atoms with Gasteiger partial charge in [-0.2, -0.15) is 0 Å². The summed E-state index contributed by atoms with van der Waals surface area (Å²) >= 11 is 0. The van der Waals surface area contributed by atoms with Gasteiger partial charge in [-0.25, -0.2) is 0 Å². The summed E-state index contributed by atoms with van der Waals surface area (Å²) in [6.45, 7) is 10.9. The van der Waals surface area contributed by atoms with Crippen molar-refractivity contribution in [2.45, 2.75) is 46.6 Å². The van der Waals surface area contributed by atoms with Gasteiger partial charge in [0.1, 0.15) is 0 Å². The Bertz CT molecular complexity index is 337. The summed E-state index contributed by atoms with van der Waals surface area (Å²) in [6.07, 6.45) is 5.57. The van der Waals surface area contributed by atoms with Crippen LogP contribution in [0.1, 0.15) is 45.7 Å². The lowest BCUT2D eigenvalue weighted by molar-refractivity contribution is 0.248. The summed E-state index contributed by atoms with van der Waals surface area (Å²) in [5.74, 6) is 1.51. The lowest BCUT2D eigenvalue weighted by Gasteiger charge is -2.23. The van der Waals surface area contributed by atoms with E-state index in [0.717, 1.165) is 50.1 Å². The van der Waals surface area contributed by atoms with Crippen molar-refractivity contribution in [3.63, 3.8) is 0 Å². The number of nitrogens with two attached hydrogens (primary N) is 1. The fourth-order valence-corrected chi connectivity index (χ4v) is 2.67. The third-order valence-electron chi connectivity index (χ3n) is 4.09. The largest absolute Gasteiger partial charge is 0.330 e. The summed E-state index contributed by atoms with van der Waals surface area (Å²) in [5, 5.41) is 0. The molecular formula is C17H31N3. The summed E-state index contributed by atoms with van der Waals surface area (Å²) < 4.78 is 0. The average Bonchev–Trinajstić information content (AvgIpc) is 2.46. The topological polar surface area (TPSA) is 42.1 Å². The molecule has 1 heterocycles. The molecule has 0 saturated carbocycles.